The summed E-state index contributed by atoms with van der Waals surface area (Å²) in [7, 11) is 3.16. The van der Waals surface area contributed by atoms with Gasteiger partial charge in [0.15, 0.2) is 23.0 Å². The molecule has 2 aromatic rings. The molecule has 0 spiro atoms. The molecule has 1 atom stereocenters. The summed E-state index contributed by atoms with van der Waals surface area (Å²) in [6.45, 7) is 1.60. The van der Waals surface area contributed by atoms with E-state index in [2.05, 4.69) is 27.5 Å². The number of rotatable bonds is 2. The minimum atomic E-state index is 0.182. The summed E-state index contributed by atoms with van der Waals surface area (Å²) in [5.41, 5.74) is 4.51. The molecule has 2 aliphatic heterocycles. The van der Waals surface area contributed by atoms with Gasteiger partial charge in [0.05, 0.1) is 14.2 Å². The van der Waals surface area contributed by atoms with Crippen molar-refractivity contribution in [2.75, 3.05) is 20.8 Å². The average molecular weight is 453 g/mol. The maximum Gasteiger partial charge on any atom is 0.162 e. The SMILES string of the molecule is COc1cc2c(cc1O)C1Cc3c(I)cc(OC)c(O)c3CN1CC2. The molecule has 0 aliphatic carbocycles. The van der Waals surface area contributed by atoms with Crippen LogP contribution in [-0.2, 0) is 19.4 Å². The average Bonchev–Trinajstić information content (AvgIpc) is 2.63. The highest BCUT2D eigenvalue weighted by atomic mass is 127. The summed E-state index contributed by atoms with van der Waals surface area (Å²) in [6, 6.07) is 5.88. The zero-order valence-electron chi connectivity index (χ0n) is 14.2. The van der Waals surface area contributed by atoms with Gasteiger partial charge in [0.2, 0.25) is 0 Å². The summed E-state index contributed by atoms with van der Waals surface area (Å²) in [5.74, 6) is 1.49. The lowest BCUT2D eigenvalue weighted by Crippen LogP contribution is -2.39. The zero-order chi connectivity index (χ0) is 17.7. The van der Waals surface area contributed by atoms with Crippen LogP contribution < -0.4 is 9.47 Å². The number of aromatic hydroxyl groups is 2. The van der Waals surface area contributed by atoms with Gasteiger partial charge in [-0.15, -0.1) is 0 Å². The van der Waals surface area contributed by atoms with Crippen molar-refractivity contribution in [3.05, 3.63) is 44.0 Å². The van der Waals surface area contributed by atoms with E-state index >= 15 is 0 Å². The van der Waals surface area contributed by atoms with E-state index in [0.717, 1.165) is 34.1 Å². The third kappa shape index (κ3) is 2.62. The van der Waals surface area contributed by atoms with Crippen LogP contribution in [-0.4, -0.2) is 35.9 Å². The number of hydrogen-bond donors (Lipinski definition) is 2. The fourth-order valence-corrected chi connectivity index (χ4v) is 4.84. The second kappa shape index (κ2) is 6.25. The quantitative estimate of drug-likeness (QED) is 0.683. The molecule has 2 heterocycles. The van der Waals surface area contributed by atoms with Gasteiger partial charge in [0, 0.05) is 28.3 Å². The summed E-state index contributed by atoms with van der Waals surface area (Å²) >= 11 is 2.31. The Morgan fingerprint density at radius 2 is 1.84 bits per heavy atom. The maximum absolute atomic E-state index is 10.5. The van der Waals surface area contributed by atoms with E-state index in [-0.39, 0.29) is 17.5 Å². The Morgan fingerprint density at radius 3 is 2.56 bits per heavy atom. The number of halogens is 1. The molecule has 25 heavy (non-hydrogen) atoms. The van der Waals surface area contributed by atoms with E-state index in [1.54, 1.807) is 14.2 Å². The fraction of sp³-hybridized carbons (Fsp3) is 0.368. The van der Waals surface area contributed by atoms with Crippen molar-refractivity contribution in [1.29, 1.82) is 0 Å². The van der Waals surface area contributed by atoms with E-state index in [1.807, 2.05) is 18.2 Å². The van der Waals surface area contributed by atoms with Crippen LogP contribution in [0.1, 0.15) is 28.3 Å². The molecule has 0 bridgehead atoms. The van der Waals surface area contributed by atoms with Crippen molar-refractivity contribution in [3.63, 3.8) is 0 Å². The molecule has 6 heteroatoms. The Bertz CT molecular complexity index is 852. The Balaban J connectivity index is 1.80. The maximum atomic E-state index is 10.5. The van der Waals surface area contributed by atoms with Crippen LogP contribution in [0.15, 0.2) is 18.2 Å². The number of methoxy groups -OCH3 is 2. The molecule has 0 saturated heterocycles. The van der Waals surface area contributed by atoms with E-state index in [0.29, 0.717) is 18.0 Å². The van der Waals surface area contributed by atoms with E-state index < -0.39 is 0 Å². The van der Waals surface area contributed by atoms with Gasteiger partial charge in [-0.3, -0.25) is 4.90 Å². The van der Waals surface area contributed by atoms with Crippen molar-refractivity contribution in [1.82, 2.24) is 4.90 Å². The van der Waals surface area contributed by atoms with E-state index in [4.69, 9.17) is 9.47 Å². The number of benzene rings is 2. The summed E-state index contributed by atoms with van der Waals surface area (Å²) in [6.07, 6.45) is 1.71. The largest absolute Gasteiger partial charge is 0.504 e. The lowest BCUT2D eigenvalue weighted by atomic mass is 9.83. The van der Waals surface area contributed by atoms with Crippen LogP contribution in [0.2, 0.25) is 0 Å². The third-order valence-electron chi connectivity index (χ3n) is 5.32. The normalized spacial score (nSPS) is 18.9. The van der Waals surface area contributed by atoms with Gasteiger partial charge >= 0.3 is 0 Å². The highest BCUT2D eigenvalue weighted by Gasteiger charge is 2.35. The first-order chi connectivity index (χ1) is 12.0. The highest BCUT2D eigenvalue weighted by Crippen LogP contribution is 2.46. The van der Waals surface area contributed by atoms with Crippen molar-refractivity contribution < 1.29 is 19.7 Å². The predicted molar refractivity (Wildman–Crippen MR) is 103 cm³/mol. The summed E-state index contributed by atoms with van der Waals surface area (Å²) in [5, 5.41) is 20.8. The highest BCUT2D eigenvalue weighted by molar-refractivity contribution is 14.1. The molecule has 2 N–H and O–H groups in total. The first-order valence-corrected chi connectivity index (χ1v) is 9.32. The number of nitrogens with zero attached hydrogens (tertiary/aromatic N) is 1. The molecule has 5 nitrogen and oxygen atoms in total. The summed E-state index contributed by atoms with van der Waals surface area (Å²) < 4.78 is 11.7. The third-order valence-corrected chi connectivity index (χ3v) is 6.28. The smallest absolute Gasteiger partial charge is 0.162 e. The fourth-order valence-electron chi connectivity index (χ4n) is 4.01. The number of fused-ring (bicyclic) bond motifs is 4. The zero-order valence-corrected chi connectivity index (χ0v) is 16.3. The number of phenolic OH excluding ortho intramolecular Hbond substituents is 2. The van der Waals surface area contributed by atoms with E-state index in [9.17, 15) is 10.2 Å². The van der Waals surface area contributed by atoms with Gasteiger partial charge in [0.25, 0.3) is 0 Å². The minimum Gasteiger partial charge on any atom is -0.504 e. The molecule has 1 unspecified atom stereocenters. The van der Waals surface area contributed by atoms with Crippen LogP contribution in [0.3, 0.4) is 0 Å². The molecule has 132 valence electrons. The second-order valence-corrected chi connectivity index (χ2v) is 7.69. The molecular formula is C19H20INO4. The van der Waals surface area contributed by atoms with Crippen molar-refractivity contribution in [3.8, 4) is 23.0 Å². The van der Waals surface area contributed by atoms with Crippen LogP contribution in [0.25, 0.3) is 0 Å². The summed E-state index contributed by atoms with van der Waals surface area (Å²) in [4.78, 5) is 2.37. The molecule has 4 rings (SSSR count). The molecule has 0 aromatic heterocycles. The standard InChI is InChI=1S/C19H20INO4/c1-24-17-5-10-3-4-21-9-13-12(6-15(21)11(10)7-16(17)22)14(20)8-18(25-2)19(13)23/h5,7-8,15,22-23H,3-4,6,9H2,1-2H3. The van der Waals surface area contributed by atoms with Gasteiger partial charge in [-0.2, -0.15) is 0 Å². The molecular weight excluding hydrogens is 433 g/mol. The Morgan fingerprint density at radius 1 is 1.08 bits per heavy atom. The van der Waals surface area contributed by atoms with Crippen molar-refractivity contribution in [2.24, 2.45) is 0 Å². The Hall–Kier alpha value is -1.67. The van der Waals surface area contributed by atoms with Crippen LogP contribution in [0, 0.1) is 3.57 Å². The van der Waals surface area contributed by atoms with Gasteiger partial charge in [-0.25, -0.2) is 0 Å². The van der Waals surface area contributed by atoms with Gasteiger partial charge < -0.3 is 19.7 Å². The lowest BCUT2D eigenvalue weighted by molar-refractivity contribution is 0.157. The second-order valence-electron chi connectivity index (χ2n) is 6.53. The van der Waals surface area contributed by atoms with Crippen molar-refractivity contribution >= 4 is 22.6 Å². The predicted octanol–water partition coefficient (Wildman–Crippen LogP) is 3.38. The van der Waals surface area contributed by atoms with Crippen LogP contribution in [0.5, 0.6) is 23.0 Å². The van der Waals surface area contributed by atoms with Crippen molar-refractivity contribution in [2.45, 2.75) is 25.4 Å². The molecule has 0 saturated carbocycles. The van der Waals surface area contributed by atoms with E-state index in [1.165, 1.54) is 11.1 Å². The molecule has 2 aromatic carbocycles. The van der Waals surface area contributed by atoms with Gasteiger partial charge in [0.1, 0.15) is 0 Å². The first kappa shape index (κ1) is 16.8. The topological polar surface area (TPSA) is 62.2 Å². The lowest BCUT2D eigenvalue weighted by Gasteiger charge is -2.42. The Labute approximate surface area is 160 Å². The number of phenols is 2. The van der Waals surface area contributed by atoms with Gasteiger partial charge in [-0.1, -0.05) is 0 Å². The first-order valence-electron chi connectivity index (χ1n) is 8.24. The van der Waals surface area contributed by atoms with Gasteiger partial charge in [-0.05, 0) is 70.3 Å². The minimum absolute atomic E-state index is 0.182. The van der Waals surface area contributed by atoms with Crippen LogP contribution >= 0.6 is 22.6 Å². The number of ether oxygens (including phenoxy) is 2. The number of hydrogen-bond acceptors (Lipinski definition) is 5. The molecule has 0 amide bonds. The Kier molecular flexibility index (Phi) is 4.19. The van der Waals surface area contributed by atoms with Crippen LogP contribution in [0.4, 0.5) is 0 Å². The molecule has 0 fully saturated rings. The monoisotopic (exact) mass is 453 g/mol. The molecule has 2 aliphatic rings. The molecule has 0 radical (unpaired) electrons.